The summed E-state index contributed by atoms with van der Waals surface area (Å²) in [5.41, 5.74) is 0.525. The van der Waals surface area contributed by atoms with Gasteiger partial charge in [0.1, 0.15) is 0 Å². The minimum absolute atomic E-state index is 0.525. The van der Waals surface area contributed by atoms with E-state index >= 15 is 0 Å². The summed E-state index contributed by atoms with van der Waals surface area (Å²) in [6.07, 6.45) is 5.54. The summed E-state index contributed by atoms with van der Waals surface area (Å²) in [4.78, 5) is 0. The van der Waals surface area contributed by atoms with Crippen LogP contribution in [0.2, 0.25) is 0 Å². The molecule has 0 amide bonds. The second-order valence-corrected chi connectivity index (χ2v) is 4.65. The first kappa shape index (κ1) is 8.52. The fraction of sp³-hybridized carbons (Fsp3) is 1.00. The van der Waals surface area contributed by atoms with Crippen LogP contribution in [-0.2, 0) is 0 Å². The molecule has 0 unspecified atom stereocenters. The molecule has 0 aromatic heterocycles. The molecule has 1 saturated carbocycles. The molecule has 1 aliphatic carbocycles. The summed E-state index contributed by atoms with van der Waals surface area (Å²) < 4.78 is 0. The van der Waals surface area contributed by atoms with Crippen molar-refractivity contribution in [2.45, 2.75) is 38.1 Å². The van der Waals surface area contributed by atoms with Gasteiger partial charge in [-0.1, -0.05) is 0 Å². The van der Waals surface area contributed by atoms with Gasteiger partial charge in [-0.2, -0.15) is 0 Å². The maximum absolute atomic E-state index is 3.66. The van der Waals surface area contributed by atoms with Crippen LogP contribution < -0.4 is 10.6 Å². The lowest BCUT2D eigenvalue weighted by molar-refractivity contribution is 0.343. The molecule has 12 heavy (non-hydrogen) atoms. The fourth-order valence-corrected chi connectivity index (χ4v) is 1.85. The van der Waals surface area contributed by atoms with Gasteiger partial charge in [0, 0.05) is 5.54 Å². The Hall–Kier alpha value is -0.0800. The summed E-state index contributed by atoms with van der Waals surface area (Å²) in [6, 6.07) is 0. The van der Waals surface area contributed by atoms with Gasteiger partial charge in [0.05, 0.1) is 0 Å². The van der Waals surface area contributed by atoms with Gasteiger partial charge in [0.2, 0.25) is 0 Å². The smallest absolute Gasteiger partial charge is 0.0154 e. The standard InChI is InChI=1S/C10H20N2/c1-10(4-5-10)12-8-9-3-2-6-11-7-9/h9,11-12H,2-8H2,1H3/t9-/m1/s1. The summed E-state index contributed by atoms with van der Waals surface area (Å²) >= 11 is 0. The monoisotopic (exact) mass is 168 g/mol. The zero-order valence-electron chi connectivity index (χ0n) is 8.03. The van der Waals surface area contributed by atoms with Gasteiger partial charge in [-0.15, -0.1) is 0 Å². The van der Waals surface area contributed by atoms with Crippen molar-refractivity contribution in [3.05, 3.63) is 0 Å². The molecule has 0 bridgehead atoms. The van der Waals surface area contributed by atoms with E-state index in [1.807, 2.05) is 0 Å². The van der Waals surface area contributed by atoms with E-state index in [4.69, 9.17) is 0 Å². The Bertz CT molecular complexity index is 146. The molecule has 2 fully saturated rings. The first-order chi connectivity index (χ1) is 5.79. The maximum atomic E-state index is 3.66. The van der Waals surface area contributed by atoms with Gasteiger partial charge in [-0.25, -0.2) is 0 Å². The van der Waals surface area contributed by atoms with Gasteiger partial charge >= 0.3 is 0 Å². The van der Waals surface area contributed by atoms with E-state index < -0.39 is 0 Å². The second kappa shape index (κ2) is 3.35. The van der Waals surface area contributed by atoms with Crippen LogP contribution in [0.15, 0.2) is 0 Å². The van der Waals surface area contributed by atoms with Crippen molar-refractivity contribution in [1.29, 1.82) is 0 Å². The third kappa shape index (κ3) is 2.20. The van der Waals surface area contributed by atoms with Crippen molar-refractivity contribution in [3.8, 4) is 0 Å². The first-order valence-corrected chi connectivity index (χ1v) is 5.24. The molecule has 2 nitrogen and oxygen atoms in total. The van der Waals surface area contributed by atoms with E-state index in [1.54, 1.807) is 0 Å². The largest absolute Gasteiger partial charge is 0.316 e. The summed E-state index contributed by atoms with van der Waals surface area (Å²) in [5, 5.41) is 7.11. The molecule has 70 valence electrons. The predicted molar refractivity (Wildman–Crippen MR) is 51.2 cm³/mol. The first-order valence-electron chi connectivity index (χ1n) is 5.24. The molecule has 0 aromatic rings. The van der Waals surface area contributed by atoms with Crippen LogP contribution >= 0.6 is 0 Å². The molecule has 2 heteroatoms. The number of nitrogens with one attached hydrogen (secondary N) is 2. The number of hydrogen-bond acceptors (Lipinski definition) is 2. The van der Waals surface area contributed by atoms with Crippen LogP contribution in [0.4, 0.5) is 0 Å². The minimum atomic E-state index is 0.525. The van der Waals surface area contributed by atoms with Crippen molar-refractivity contribution in [3.63, 3.8) is 0 Å². The zero-order chi connectivity index (χ0) is 8.44. The molecule has 1 atom stereocenters. The van der Waals surface area contributed by atoms with Crippen LogP contribution in [0.1, 0.15) is 32.6 Å². The van der Waals surface area contributed by atoms with E-state index in [1.165, 1.54) is 45.3 Å². The van der Waals surface area contributed by atoms with Crippen LogP contribution in [0.25, 0.3) is 0 Å². The van der Waals surface area contributed by atoms with E-state index in [0.29, 0.717) is 5.54 Å². The third-order valence-corrected chi connectivity index (χ3v) is 3.22. The zero-order valence-corrected chi connectivity index (χ0v) is 8.03. The van der Waals surface area contributed by atoms with Crippen molar-refractivity contribution in [1.82, 2.24) is 10.6 Å². The Morgan fingerprint density at radius 1 is 1.50 bits per heavy atom. The van der Waals surface area contributed by atoms with Gasteiger partial charge in [-0.05, 0) is 58.2 Å². The average Bonchev–Trinajstić information content (AvgIpc) is 2.84. The molecule has 2 N–H and O–H groups in total. The van der Waals surface area contributed by atoms with Gasteiger partial charge in [0.25, 0.3) is 0 Å². The Balaban J connectivity index is 1.65. The Kier molecular flexibility index (Phi) is 2.37. The van der Waals surface area contributed by atoms with Crippen molar-refractivity contribution < 1.29 is 0 Å². The Morgan fingerprint density at radius 2 is 2.33 bits per heavy atom. The van der Waals surface area contributed by atoms with Crippen molar-refractivity contribution in [2.24, 2.45) is 5.92 Å². The highest BCUT2D eigenvalue weighted by Crippen LogP contribution is 2.34. The quantitative estimate of drug-likeness (QED) is 0.660. The molecule has 0 spiro atoms. The van der Waals surface area contributed by atoms with Crippen LogP contribution in [-0.4, -0.2) is 25.2 Å². The SMILES string of the molecule is CC1(NC[C@@H]2CCCNC2)CC1. The lowest BCUT2D eigenvalue weighted by Gasteiger charge is -2.24. The van der Waals surface area contributed by atoms with Crippen molar-refractivity contribution in [2.75, 3.05) is 19.6 Å². The number of hydrogen-bond donors (Lipinski definition) is 2. The van der Waals surface area contributed by atoms with Crippen molar-refractivity contribution >= 4 is 0 Å². The molecule has 2 rings (SSSR count). The Morgan fingerprint density at radius 3 is 2.92 bits per heavy atom. The number of piperidine rings is 1. The van der Waals surface area contributed by atoms with Gasteiger partial charge < -0.3 is 10.6 Å². The molecule has 2 aliphatic rings. The lowest BCUT2D eigenvalue weighted by atomic mass is 9.99. The molecule has 1 heterocycles. The third-order valence-electron chi connectivity index (χ3n) is 3.22. The van der Waals surface area contributed by atoms with E-state index in [-0.39, 0.29) is 0 Å². The van der Waals surface area contributed by atoms with Gasteiger partial charge in [0.15, 0.2) is 0 Å². The van der Waals surface area contributed by atoms with Gasteiger partial charge in [-0.3, -0.25) is 0 Å². The summed E-state index contributed by atoms with van der Waals surface area (Å²) in [6.45, 7) is 6.02. The summed E-state index contributed by atoms with van der Waals surface area (Å²) in [5.74, 6) is 0.885. The highest BCUT2D eigenvalue weighted by atomic mass is 15.0. The highest BCUT2D eigenvalue weighted by Gasteiger charge is 2.36. The molecule has 1 saturated heterocycles. The summed E-state index contributed by atoms with van der Waals surface area (Å²) in [7, 11) is 0. The minimum Gasteiger partial charge on any atom is -0.316 e. The second-order valence-electron chi connectivity index (χ2n) is 4.65. The van der Waals surface area contributed by atoms with E-state index in [9.17, 15) is 0 Å². The average molecular weight is 168 g/mol. The predicted octanol–water partition coefficient (Wildman–Crippen LogP) is 1.13. The molecular formula is C10H20N2. The van der Waals surface area contributed by atoms with Crippen LogP contribution in [0.5, 0.6) is 0 Å². The van der Waals surface area contributed by atoms with Crippen LogP contribution in [0.3, 0.4) is 0 Å². The molecule has 1 aliphatic heterocycles. The molecular weight excluding hydrogens is 148 g/mol. The molecule has 0 radical (unpaired) electrons. The Labute approximate surface area is 75.1 Å². The van der Waals surface area contributed by atoms with Crippen LogP contribution in [0, 0.1) is 5.92 Å². The number of rotatable bonds is 3. The molecule has 0 aromatic carbocycles. The fourth-order valence-electron chi connectivity index (χ4n) is 1.85. The lowest BCUT2D eigenvalue weighted by Crippen LogP contribution is -2.39. The maximum Gasteiger partial charge on any atom is 0.0154 e. The van der Waals surface area contributed by atoms with E-state index in [0.717, 1.165) is 5.92 Å². The highest BCUT2D eigenvalue weighted by molar-refractivity contribution is 4.97. The topological polar surface area (TPSA) is 24.1 Å². The van der Waals surface area contributed by atoms with E-state index in [2.05, 4.69) is 17.6 Å². The normalized spacial score (nSPS) is 33.2.